The molecule has 0 aromatic heterocycles. The fraction of sp³-hybridized carbons (Fsp3) is 0.500. The summed E-state index contributed by atoms with van der Waals surface area (Å²) in [5, 5.41) is 6.10. The summed E-state index contributed by atoms with van der Waals surface area (Å²) in [5.74, 6) is 1.64. The summed E-state index contributed by atoms with van der Waals surface area (Å²) in [6.45, 7) is 5.96. The molecule has 1 aromatic rings. The minimum absolute atomic E-state index is 0.0366. The second-order valence-electron chi connectivity index (χ2n) is 4.66. The summed E-state index contributed by atoms with van der Waals surface area (Å²) < 4.78 is 0. The summed E-state index contributed by atoms with van der Waals surface area (Å²) >= 11 is 1.83. The SMILES string of the molecule is CNC(CSc1ccc(NC(C)=O)cc1)C(C)C. The third-order valence-electron chi connectivity index (χ3n) is 2.78. The Morgan fingerprint density at radius 3 is 2.33 bits per heavy atom. The molecule has 3 nitrogen and oxygen atoms in total. The molecule has 2 N–H and O–H groups in total. The van der Waals surface area contributed by atoms with Crippen LogP contribution in [0.25, 0.3) is 0 Å². The quantitative estimate of drug-likeness (QED) is 0.778. The predicted molar refractivity (Wildman–Crippen MR) is 79.2 cm³/mol. The van der Waals surface area contributed by atoms with Gasteiger partial charge in [0, 0.05) is 29.3 Å². The zero-order valence-electron chi connectivity index (χ0n) is 11.5. The number of thioether (sulfide) groups is 1. The van der Waals surface area contributed by atoms with Crippen LogP contribution in [0.15, 0.2) is 29.2 Å². The number of amides is 1. The van der Waals surface area contributed by atoms with Crippen molar-refractivity contribution in [3.05, 3.63) is 24.3 Å². The first-order valence-corrected chi connectivity index (χ1v) is 7.19. The van der Waals surface area contributed by atoms with E-state index in [1.54, 1.807) is 0 Å². The van der Waals surface area contributed by atoms with Crippen LogP contribution in [0.2, 0.25) is 0 Å². The number of carbonyl (C=O) groups excluding carboxylic acids is 1. The lowest BCUT2D eigenvalue weighted by atomic mass is 10.1. The zero-order valence-corrected chi connectivity index (χ0v) is 12.3. The Kier molecular flexibility index (Phi) is 6.22. The van der Waals surface area contributed by atoms with Gasteiger partial charge in [0.25, 0.3) is 0 Å². The minimum atomic E-state index is -0.0366. The largest absolute Gasteiger partial charge is 0.326 e. The van der Waals surface area contributed by atoms with Gasteiger partial charge in [-0.25, -0.2) is 0 Å². The van der Waals surface area contributed by atoms with Crippen molar-refractivity contribution in [2.75, 3.05) is 18.1 Å². The van der Waals surface area contributed by atoms with E-state index >= 15 is 0 Å². The Morgan fingerprint density at radius 1 is 1.28 bits per heavy atom. The van der Waals surface area contributed by atoms with Gasteiger partial charge in [-0.2, -0.15) is 0 Å². The van der Waals surface area contributed by atoms with Crippen LogP contribution in [-0.2, 0) is 4.79 Å². The van der Waals surface area contributed by atoms with Crippen molar-refractivity contribution in [2.45, 2.75) is 31.7 Å². The lowest BCUT2D eigenvalue weighted by molar-refractivity contribution is -0.114. The minimum Gasteiger partial charge on any atom is -0.326 e. The van der Waals surface area contributed by atoms with E-state index in [2.05, 4.69) is 24.5 Å². The molecule has 0 saturated heterocycles. The number of hydrogen-bond donors (Lipinski definition) is 2. The molecule has 0 heterocycles. The highest BCUT2D eigenvalue weighted by molar-refractivity contribution is 7.99. The number of nitrogens with one attached hydrogen (secondary N) is 2. The van der Waals surface area contributed by atoms with E-state index < -0.39 is 0 Å². The first kappa shape index (κ1) is 15.1. The molecule has 0 spiro atoms. The van der Waals surface area contributed by atoms with E-state index in [0.717, 1.165) is 11.4 Å². The molecular formula is C14H22N2OS. The molecule has 0 fully saturated rings. The number of rotatable bonds is 6. The van der Waals surface area contributed by atoms with Crippen LogP contribution in [0.4, 0.5) is 5.69 Å². The fourth-order valence-corrected chi connectivity index (χ4v) is 2.88. The van der Waals surface area contributed by atoms with Crippen molar-refractivity contribution in [1.29, 1.82) is 0 Å². The molecule has 0 saturated carbocycles. The van der Waals surface area contributed by atoms with Gasteiger partial charge in [-0.05, 0) is 37.2 Å². The summed E-state index contributed by atoms with van der Waals surface area (Å²) in [7, 11) is 2.01. The van der Waals surface area contributed by atoms with Crippen molar-refractivity contribution >= 4 is 23.4 Å². The number of benzene rings is 1. The maximum atomic E-state index is 10.9. The lowest BCUT2D eigenvalue weighted by Gasteiger charge is -2.19. The molecule has 1 amide bonds. The van der Waals surface area contributed by atoms with Gasteiger partial charge in [0.1, 0.15) is 0 Å². The smallest absolute Gasteiger partial charge is 0.221 e. The standard InChI is InChI=1S/C14H22N2OS/c1-10(2)14(15-4)9-18-13-7-5-12(6-8-13)16-11(3)17/h5-8,10,14-15H,9H2,1-4H3,(H,16,17). The molecule has 0 aliphatic carbocycles. The van der Waals surface area contributed by atoms with Crippen LogP contribution >= 0.6 is 11.8 Å². The average Bonchev–Trinajstić information content (AvgIpc) is 2.31. The van der Waals surface area contributed by atoms with Gasteiger partial charge < -0.3 is 10.6 Å². The van der Waals surface area contributed by atoms with Crippen molar-refractivity contribution in [3.8, 4) is 0 Å². The molecule has 0 radical (unpaired) electrons. The zero-order chi connectivity index (χ0) is 13.5. The van der Waals surface area contributed by atoms with Crippen molar-refractivity contribution < 1.29 is 4.79 Å². The van der Waals surface area contributed by atoms with E-state index in [0.29, 0.717) is 12.0 Å². The van der Waals surface area contributed by atoms with Crippen LogP contribution in [0.3, 0.4) is 0 Å². The molecule has 0 bridgehead atoms. The van der Waals surface area contributed by atoms with Gasteiger partial charge in [0.05, 0.1) is 0 Å². The molecule has 1 unspecified atom stereocenters. The monoisotopic (exact) mass is 266 g/mol. The molecule has 100 valence electrons. The highest BCUT2D eigenvalue weighted by Gasteiger charge is 2.10. The second-order valence-corrected chi connectivity index (χ2v) is 5.75. The van der Waals surface area contributed by atoms with Gasteiger partial charge in [-0.1, -0.05) is 13.8 Å². The van der Waals surface area contributed by atoms with Crippen molar-refractivity contribution in [1.82, 2.24) is 5.32 Å². The van der Waals surface area contributed by atoms with Gasteiger partial charge in [0.15, 0.2) is 0 Å². The Labute approximate surface area is 114 Å². The van der Waals surface area contributed by atoms with Gasteiger partial charge in [0.2, 0.25) is 5.91 Å². The fourth-order valence-electron chi connectivity index (χ4n) is 1.63. The first-order chi connectivity index (χ1) is 8.52. The Hall–Kier alpha value is -1.00. The maximum absolute atomic E-state index is 10.9. The van der Waals surface area contributed by atoms with E-state index in [4.69, 9.17) is 0 Å². The third-order valence-corrected chi connectivity index (χ3v) is 3.91. The van der Waals surface area contributed by atoms with Gasteiger partial charge in [-0.15, -0.1) is 11.8 Å². The summed E-state index contributed by atoms with van der Waals surface area (Å²) in [6.07, 6.45) is 0. The Bertz CT molecular complexity index is 376. The molecule has 1 atom stereocenters. The first-order valence-electron chi connectivity index (χ1n) is 6.20. The molecule has 1 rings (SSSR count). The number of carbonyl (C=O) groups is 1. The Morgan fingerprint density at radius 2 is 1.89 bits per heavy atom. The highest BCUT2D eigenvalue weighted by atomic mass is 32.2. The summed E-state index contributed by atoms with van der Waals surface area (Å²) in [5.41, 5.74) is 0.848. The molecular weight excluding hydrogens is 244 g/mol. The highest BCUT2D eigenvalue weighted by Crippen LogP contribution is 2.22. The molecule has 4 heteroatoms. The van der Waals surface area contributed by atoms with Crippen LogP contribution in [0.5, 0.6) is 0 Å². The molecule has 0 aliphatic heterocycles. The summed E-state index contributed by atoms with van der Waals surface area (Å²) in [4.78, 5) is 12.1. The normalized spacial score (nSPS) is 12.5. The van der Waals surface area contributed by atoms with E-state index in [1.807, 2.05) is 43.1 Å². The molecule has 18 heavy (non-hydrogen) atoms. The second kappa shape index (κ2) is 7.44. The van der Waals surface area contributed by atoms with Crippen LogP contribution in [0.1, 0.15) is 20.8 Å². The van der Waals surface area contributed by atoms with E-state index in [1.165, 1.54) is 11.8 Å². The van der Waals surface area contributed by atoms with E-state index in [9.17, 15) is 4.79 Å². The van der Waals surface area contributed by atoms with Gasteiger partial charge in [-0.3, -0.25) is 4.79 Å². The Balaban J connectivity index is 2.50. The van der Waals surface area contributed by atoms with Crippen LogP contribution in [-0.4, -0.2) is 24.7 Å². The summed E-state index contributed by atoms with van der Waals surface area (Å²) in [6, 6.07) is 8.48. The third kappa shape index (κ3) is 5.10. The predicted octanol–water partition coefficient (Wildman–Crippen LogP) is 2.98. The van der Waals surface area contributed by atoms with Crippen LogP contribution < -0.4 is 10.6 Å². The molecule has 0 aliphatic rings. The van der Waals surface area contributed by atoms with E-state index in [-0.39, 0.29) is 5.91 Å². The number of hydrogen-bond acceptors (Lipinski definition) is 3. The van der Waals surface area contributed by atoms with Crippen molar-refractivity contribution in [2.24, 2.45) is 5.92 Å². The average molecular weight is 266 g/mol. The van der Waals surface area contributed by atoms with Crippen molar-refractivity contribution in [3.63, 3.8) is 0 Å². The van der Waals surface area contributed by atoms with Gasteiger partial charge >= 0.3 is 0 Å². The number of anilines is 1. The maximum Gasteiger partial charge on any atom is 0.221 e. The topological polar surface area (TPSA) is 41.1 Å². The van der Waals surface area contributed by atoms with Crippen LogP contribution in [0, 0.1) is 5.92 Å². The molecule has 1 aromatic carbocycles. The lowest BCUT2D eigenvalue weighted by Crippen LogP contribution is -2.32.